The molecule has 4 N–H and O–H groups in total. The predicted octanol–water partition coefficient (Wildman–Crippen LogP) is 3.29. The molecular formula is C21H19ClN4O3S2. The number of halogens is 1. The molecule has 2 aromatic carbocycles. The lowest BCUT2D eigenvalue weighted by Gasteiger charge is -2.10. The van der Waals surface area contributed by atoms with E-state index >= 15 is 0 Å². The molecule has 0 aliphatic rings. The van der Waals surface area contributed by atoms with E-state index in [2.05, 4.69) is 21.5 Å². The van der Waals surface area contributed by atoms with Gasteiger partial charge in [-0.1, -0.05) is 60.1 Å². The molecule has 0 atom stereocenters. The van der Waals surface area contributed by atoms with Gasteiger partial charge in [-0.15, -0.1) is 11.3 Å². The Hall–Kier alpha value is -3.01. The first kappa shape index (κ1) is 22.7. The molecule has 7 nitrogen and oxygen atoms in total. The normalized spacial score (nSPS) is 10.4. The topological polar surface area (TPSA) is 99.3 Å². The van der Waals surface area contributed by atoms with Crippen molar-refractivity contribution in [2.24, 2.45) is 0 Å². The van der Waals surface area contributed by atoms with Gasteiger partial charge in [0.15, 0.2) is 5.11 Å². The maximum Gasteiger partial charge on any atom is 0.269 e. The molecule has 0 aliphatic heterocycles. The number of amides is 3. The molecule has 10 heteroatoms. The molecule has 3 aromatic rings. The van der Waals surface area contributed by atoms with E-state index in [4.69, 9.17) is 23.8 Å². The van der Waals surface area contributed by atoms with Crippen molar-refractivity contribution >= 4 is 68.1 Å². The first-order valence-electron chi connectivity index (χ1n) is 9.32. The van der Waals surface area contributed by atoms with Gasteiger partial charge in [-0.2, -0.15) is 0 Å². The summed E-state index contributed by atoms with van der Waals surface area (Å²) in [6.07, 6.45) is -0.0107. The van der Waals surface area contributed by atoms with E-state index in [1.807, 2.05) is 54.6 Å². The zero-order chi connectivity index (χ0) is 22.2. The summed E-state index contributed by atoms with van der Waals surface area (Å²) in [5.74, 6) is -1.15. The van der Waals surface area contributed by atoms with Gasteiger partial charge >= 0.3 is 0 Å². The average molecular weight is 475 g/mol. The van der Waals surface area contributed by atoms with Crippen LogP contribution >= 0.6 is 35.2 Å². The summed E-state index contributed by atoms with van der Waals surface area (Å²) in [7, 11) is 0. The zero-order valence-electron chi connectivity index (χ0n) is 16.2. The van der Waals surface area contributed by atoms with Crippen molar-refractivity contribution in [1.82, 2.24) is 21.5 Å². The van der Waals surface area contributed by atoms with Crippen molar-refractivity contribution in [2.45, 2.75) is 19.4 Å². The summed E-state index contributed by atoms with van der Waals surface area (Å²) in [5, 5.41) is 6.28. The second kappa shape index (κ2) is 10.9. The SMILES string of the molecule is O=C(CCC(=O)NNC(=S)NC(=O)c1sc2ccccc2c1Cl)NCc1ccccc1. The van der Waals surface area contributed by atoms with Gasteiger partial charge in [0.1, 0.15) is 4.88 Å². The number of hydrogen-bond acceptors (Lipinski definition) is 5. The minimum absolute atomic E-state index is 0.0247. The van der Waals surface area contributed by atoms with Crippen LogP contribution in [0.25, 0.3) is 10.1 Å². The zero-order valence-corrected chi connectivity index (χ0v) is 18.6. The van der Waals surface area contributed by atoms with Crippen molar-refractivity contribution in [1.29, 1.82) is 0 Å². The fourth-order valence-electron chi connectivity index (χ4n) is 2.65. The molecule has 31 heavy (non-hydrogen) atoms. The molecule has 0 saturated carbocycles. The minimum Gasteiger partial charge on any atom is -0.352 e. The average Bonchev–Trinajstić information content (AvgIpc) is 3.12. The molecule has 0 aliphatic carbocycles. The summed E-state index contributed by atoms with van der Waals surface area (Å²) in [6, 6.07) is 16.9. The summed E-state index contributed by atoms with van der Waals surface area (Å²) in [6.45, 7) is 0.399. The van der Waals surface area contributed by atoms with Crippen LogP contribution in [0.3, 0.4) is 0 Å². The quantitative estimate of drug-likeness (QED) is 0.324. The Labute approximate surface area is 193 Å². The number of benzene rings is 2. The smallest absolute Gasteiger partial charge is 0.269 e. The third-order valence-electron chi connectivity index (χ3n) is 4.20. The molecule has 0 bridgehead atoms. The number of nitrogens with one attached hydrogen (secondary N) is 4. The van der Waals surface area contributed by atoms with Crippen LogP contribution in [0.4, 0.5) is 0 Å². The standard InChI is InChI=1S/C21H19ClN4O3S2/c22-18-14-8-4-5-9-15(14)31-19(18)20(29)24-21(30)26-25-17(28)11-10-16(27)23-12-13-6-2-1-3-7-13/h1-9H,10-12H2,(H,23,27)(H,25,28)(H2,24,26,29,30). The molecule has 3 rings (SSSR count). The van der Waals surface area contributed by atoms with Gasteiger partial charge in [-0.05, 0) is 23.8 Å². The second-order valence-electron chi connectivity index (χ2n) is 6.46. The Kier molecular flexibility index (Phi) is 7.94. The summed E-state index contributed by atoms with van der Waals surface area (Å²) >= 11 is 12.6. The summed E-state index contributed by atoms with van der Waals surface area (Å²) < 4.78 is 0.885. The van der Waals surface area contributed by atoms with Crippen molar-refractivity contribution in [3.63, 3.8) is 0 Å². The fraction of sp³-hybridized carbons (Fsp3) is 0.143. The van der Waals surface area contributed by atoms with Crippen LogP contribution < -0.4 is 21.5 Å². The molecule has 0 fully saturated rings. The number of fused-ring (bicyclic) bond motifs is 1. The number of rotatable bonds is 6. The van der Waals surface area contributed by atoms with E-state index in [9.17, 15) is 14.4 Å². The van der Waals surface area contributed by atoms with Gasteiger partial charge in [0.25, 0.3) is 5.91 Å². The Bertz CT molecular complexity index is 1120. The molecule has 3 amide bonds. The van der Waals surface area contributed by atoms with Gasteiger partial charge in [-0.3, -0.25) is 30.6 Å². The molecule has 1 aromatic heterocycles. The molecule has 0 radical (unpaired) electrons. The van der Waals surface area contributed by atoms with E-state index in [1.54, 1.807) is 0 Å². The van der Waals surface area contributed by atoms with Crippen LogP contribution in [0, 0.1) is 0 Å². The highest BCUT2D eigenvalue weighted by atomic mass is 35.5. The highest BCUT2D eigenvalue weighted by molar-refractivity contribution is 7.80. The van der Waals surface area contributed by atoms with Crippen LogP contribution in [0.15, 0.2) is 54.6 Å². The molecule has 0 unspecified atom stereocenters. The molecule has 160 valence electrons. The highest BCUT2D eigenvalue weighted by Gasteiger charge is 2.18. The third kappa shape index (κ3) is 6.48. The monoisotopic (exact) mass is 474 g/mol. The van der Waals surface area contributed by atoms with Crippen molar-refractivity contribution in [3.8, 4) is 0 Å². The summed E-state index contributed by atoms with van der Waals surface area (Å²) in [5.41, 5.74) is 5.78. The fourth-order valence-corrected chi connectivity index (χ4v) is 4.21. The second-order valence-corrected chi connectivity index (χ2v) is 8.30. The van der Waals surface area contributed by atoms with Gasteiger partial charge in [0, 0.05) is 29.5 Å². The van der Waals surface area contributed by atoms with Crippen molar-refractivity contribution in [2.75, 3.05) is 0 Å². The van der Waals surface area contributed by atoms with Gasteiger partial charge < -0.3 is 5.32 Å². The molecular weight excluding hydrogens is 456 g/mol. The van der Waals surface area contributed by atoms with Crippen molar-refractivity contribution in [3.05, 3.63) is 70.1 Å². The highest BCUT2D eigenvalue weighted by Crippen LogP contribution is 2.34. The summed E-state index contributed by atoms with van der Waals surface area (Å²) in [4.78, 5) is 36.5. The van der Waals surface area contributed by atoms with Gasteiger partial charge in [-0.25, -0.2) is 0 Å². The van der Waals surface area contributed by atoms with Gasteiger partial charge in [0.05, 0.1) is 5.02 Å². The number of carbonyl (C=O) groups is 3. The lowest BCUT2D eigenvalue weighted by Crippen LogP contribution is -2.48. The number of thiocarbonyl (C=S) groups is 1. The Balaban J connectivity index is 1.38. The maximum atomic E-state index is 12.4. The van der Waals surface area contributed by atoms with Crippen LogP contribution in [0.1, 0.15) is 28.1 Å². The molecule has 0 saturated heterocycles. The first-order valence-corrected chi connectivity index (χ1v) is 10.9. The molecule has 1 heterocycles. The van der Waals surface area contributed by atoms with E-state index in [-0.39, 0.29) is 23.9 Å². The van der Waals surface area contributed by atoms with Crippen LogP contribution in [0.2, 0.25) is 5.02 Å². The minimum atomic E-state index is -0.474. The third-order valence-corrected chi connectivity index (χ3v) is 6.07. The van der Waals surface area contributed by atoms with Crippen LogP contribution in [-0.4, -0.2) is 22.8 Å². The number of hydrazine groups is 1. The van der Waals surface area contributed by atoms with E-state index in [1.165, 1.54) is 11.3 Å². The van der Waals surface area contributed by atoms with E-state index < -0.39 is 11.8 Å². The molecule has 0 spiro atoms. The first-order chi connectivity index (χ1) is 14.9. The van der Waals surface area contributed by atoms with E-state index in [0.29, 0.717) is 16.4 Å². The Morgan fingerprint density at radius 2 is 1.58 bits per heavy atom. The predicted molar refractivity (Wildman–Crippen MR) is 126 cm³/mol. The number of thiophene rings is 1. The lowest BCUT2D eigenvalue weighted by atomic mass is 10.2. The number of carbonyl (C=O) groups excluding carboxylic acids is 3. The lowest BCUT2D eigenvalue weighted by molar-refractivity contribution is -0.126. The van der Waals surface area contributed by atoms with Crippen LogP contribution in [0.5, 0.6) is 0 Å². The number of hydrogen-bond donors (Lipinski definition) is 4. The largest absolute Gasteiger partial charge is 0.352 e. The Morgan fingerprint density at radius 1 is 0.903 bits per heavy atom. The Morgan fingerprint density at radius 3 is 2.32 bits per heavy atom. The van der Waals surface area contributed by atoms with Gasteiger partial charge in [0.2, 0.25) is 11.8 Å². The van der Waals surface area contributed by atoms with Crippen LogP contribution in [-0.2, 0) is 16.1 Å². The van der Waals surface area contributed by atoms with E-state index in [0.717, 1.165) is 15.6 Å². The maximum absolute atomic E-state index is 12.4. The van der Waals surface area contributed by atoms with Crippen molar-refractivity contribution < 1.29 is 14.4 Å².